The Balaban J connectivity index is 2.91. The zero-order valence-electron chi connectivity index (χ0n) is 11.8. The quantitative estimate of drug-likeness (QED) is 0.844. The fraction of sp³-hybridized carbons (Fsp3) is 0.600. The topological polar surface area (TPSA) is 29.3 Å². The van der Waals surface area contributed by atoms with Gasteiger partial charge in [-0.1, -0.05) is 32.0 Å². The van der Waals surface area contributed by atoms with E-state index < -0.39 is 0 Å². The Kier molecular flexibility index (Phi) is 5.01. The first-order valence-corrected chi connectivity index (χ1v) is 6.50. The van der Waals surface area contributed by atoms with Crippen molar-refractivity contribution in [3.8, 4) is 0 Å². The molecule has 0 saturated carbocycles. The van der Waals surface area contributed by atoms with Crippen LogP contribution in [0, 0.1) is 5.92 Å². The van der Waals surface area contributed by atoms with E-state index in [0.717, 1.165) is 5.92 Å². The lowest BCUT2D eigenvalue weighted by molar-refractivity contribution is 0.503. The van der Waals surface area contributed by atoms with Crippen LogP contribution in [0.1, 0.15) is 45.7 Å². The van der Waals surface area contributed by atoms with Crippen LogP contribution >= 0.6 is 0 Å². The summed E-state index contributed by atoms with van der Waals surface area (Å²) in [6.45, 7) is 8.85. The maximum absolute atomic E-state index is 6.03. The first-order chi connectivity index (χ1) is 7.93. The third kappa shape index (κ3) is 3.74. The van der Waals surface area contributed by atoms with Gasteiger partial charge in [-0.25, -0.2) is 0 Å². The van der Waals surface area contributed by atoms with Crippen molar-refractivity contribution in [1.29, 1.82) is 0 Å². The molecule has 0 radical (unpaired) electrons. The lowest BCUT2D eigenvalue weighted by Crippen LogP contribution is -2.31. The van der Waals surface area contributed by atoms with Crippen LogP contribution in [0.3, 0.4) is 0 Å². The zero-order valence-corrected chi connectivity index (χ0v) is 11.8. The van der Waals surface area contributed by atoms with Crippen LogP contribution in [0.4, 0.5) is 5.69 Å². The zero-order chi connectivity index (χ0) is 13.0. The molecule has 96 valence electrons. The number of para-hydroxylation sites is 1. The molecule has 2 atom stereocenters. The Morgan fingerprint density at radius 1 is 1.12 bits per heavy atom. The number of hydrogen-bond donors (Lipinski definition) is 1. The predicted octanol–water partition coefficient (Wildman–Crippen LogP) is 3.58. The first-order valence-electron chi connectivity index (χ1n) is 6.50. The van der Waals surface area contributed by atoms with E-state index in [0.29, 0.717) is 6.04 Å². The molecule has 0 bridgehead atoms. The largest absolute Gasteiger partial charge is 0.372 e. The first kappa shape index (κ1) is 14.0. The molecule has 0 aromatic heterocycles. The second kappa shape index (κ2) is 6.06. The minimum atomic E-state index is 0.0832. The minimum Gasteiger partial charge on any atom is -0.372 e. The van der Waals surface area contributed by atoms with Gasteiger partial charge < -0.3 is 10.6 Å². The maximum Gasteiger partial charge on any atom is 0.0414 e. The summed E-state index contributed by atoms with van der Waals surface area (Å²) in [5.74, 6) is 0.718. The average molecular weight is 234 g/mol. The van der Waals surface area contributed by atoms with Crippen LogP contribution in [0.5, 0.6) is 0 Å². The smallest absolute Gasteiger partial charge is 0.0414 e. The molecule has 17 heavy (non-hydrogen) atoms. The molecule has 0 aliphatic carbocycles. The fourth-order valence-corrected chi connectivity index (χ4v) is 2.27. The molecule has 0 spiro atoms. The van der Waals surface area contributed by atoms with Crippen molar-refractivity contribution in [3.05, 3.63) is 29.8 Å². The molecule has 2 heteroatoms. The van der Waals surface area contributed by atoms with E-state index in [1.165, 1.54) is 17.7 Å². The van der Waals surface area contributed by atoms with Gasteiger partial charge in [0.2, 0.25) is 0 Å². The number of anilines is 1. The molecular formula is C15H26N2. The lowest BCUT2D eigenvalue weighted by atomic mass is 10.0. The molecular weight excluding hydrogens is 208 g/mol. The second-order valence-electron chi connectivity index (χ2n) is 5.44. The summed E-state index contributed by atoms with van der Waals surface area (Å²) in [6.07, 6.45) is 1.20. The molecule has 0 heterocycles. The Morgan fingerprint density at radius 3 is 2.24 bits per heavy atom. The molecule has 1 aromatic rings. The van der Waals surface area contributed by atoms with Crippen LogP contribution in [-0.2, 0) is 0 Å². The van der Waals surface area contributed by atoms with Crippen molar-refractivity contribution in [2.75, 3.05) is 11.9 Å². The molecule has 2 unspecified atom stereocenters. The normalized spacial score (nSPS) is 14.8. The summed E-state index contributed by atoms with van der Waals surface area (Å²) >= 11 is 0. The van der Waals surface area contributed by atoms with Gasteiger partial charge in [0.05, 0.1) is 0 Å². The van der Waals surface area contributed by atoms with Crippen molar-refractivity contribution in [3.63, 3.8) is 0 Å². The summed E-state index contributed by atoms with van der Waals surface area (Å²) in [5.41, 5.74) is 8.51. The number of rotatable bonds is 5. The number of nitrogens with zero attached hydrogens (tertiary/aromatic N) is 1. The van der Waals surface area contributed by atoms with E-state index in [4.69, 9.17) is 5.73 Å². The molecule has 2 nitrogen and oxygen atoms in total. The molecule has 2 N–H and O–H groups in total. The number of benzene rings is 1. The van der Waals surface area contributed by atoms with Crippen LogP contribution in [-0.4, -0.2) is 13.1 Å². The van der Waals surface area contributed by atoms with Gasteiger partial charge >= 0.3 is 0 Å². The van der Waals surface area contributed by atoms with Gasteiger partial charge in [0.1, 0.15) is 0 Å². The van der Waals surface area contributed by atoms with Crippen LogP contribution in [0.2, 0.25) is 0 Å². The Hall–Kier alpha value is -1.02. The highest BCUT2D eigenvalue weighted by atomic mass is 15.1. The van der Waals surface area contributed by atoms with Gasteiger partial charge in [0, 0.05) is 24.8 Å². The Bertz CT molecular complexity index is 345. The van der Waals surface area contributed by atoms with Gasteiger partial charge in [-0.2, -0.15) is 0 Å². The van der Waals surface area contributed by atoms with E-state index in [2.05, 4.69) is 57.0 Å². The molecule has 0 aliphatic rings. The third-order valence-corrected chi connectivity index (χ3v) is 3.28. The molecule has 0 fully saturated rings. The molecule has 0 amide bonds. The molecule has 1 rings (SSSR count). The van der Waals surface area contributed by atoms with Crippen molar-refractivity contribution in [2.45, 2.75) is 46.2 Å². The predicted molar refractivity (Wildman–Crippen MR) is 76.4 cm³/mol. The summed E-state index contributed by atoms with van der Waals surface area (Å²) in [6, 6.07) is 9.05. The van der Waals surface area contributed by atoms with E-state index in [1.807, 2.05) is 6.92 Å². The van der Waals surface area contributed by atoms with Crippen molar-refractivity contribution < 1.29 is 0 Å². The molecule has 0 saturated heterocycles. The summed E-state index contributed by atoms with van der Waals surface area (Å²) in [4.78, 5) is 2.35. The van der Waals surface area contributed by atoms with Crippen molar-refractivity contribution in [1.82, 2.24) is 0 Å². The van der Waals surface area contributed by atoms with Gasteiger partial charge in [-0.15, -0.1) is 0 Å². The highest BCUT2D eigenvalue weighted by Gasteiger charge is 2.15. The minimum absolute atomic E-state index is 0.0832. The van der Waals surface area contributed by atoms with E-state index in [-0.39, 0.29) is 6.04 Å². The van der Waals surface area contributed by atoms with Gasteiger partial charge in [0.25, 0.3) is 0 Å². The monoisotopic (exact) mass is 234 g/mol. The van der Waals surface area contributed by atoms with Crippen LogP contribution in [0.15, 0.2) is 24.3 Å². The van der Waals surface area contributed by atoms with Crippen molar-refractivity contribution in [2.24, 2.45) is 11.7 Å². The van der Waals surface area contributed by atoms with E-state index in [9.17, 15) is 0 Å². The lowest BCUT2D eigenvalue weighted by Gasteiger charge is -2.31. The van der Waals surface area contributed by atoms with Crippen molar-refractivity contribution >= 4 is 5.69 Å². The van der Waals surface area contributed by atoms with E-state index in [1.54, 1.807) is 0 Å². The van der Waals surface area contributed by atoms with E-state index >= 15 is 0 Å². The standard InChI is InChI=1S/C15H26N2/c1-11(2)10-12(3)17(5)15-9-7-6-8-14(15)13(4)16/h6-9,11-13H,10,16H2,1-5H3. The van der Waals surface area contributed by atoms with Crippen LogP contribution < -0.4 is 10.6 Å². The maximum atomic E-state index is 6.03. The summed E-state index contributed by atoms with van der Waals surface area (Å²) in [5, 5.41) is 0. The Morgan fingerprint density at radius 2 is 1.71 bits per heavy atom. The average Bonchev–Trinajstić information content (AvgIpc) is 2.27. The number of nitrogens with two attached hydrogens (primary N) is 1. The number of hydrogen-bond acceptors (Lipinski definition) is 2. The SMILES string of the molecule is CC(C)CC(C)N(C)c1ccccc1C(C)N. The highest BCUT2D eigenvalue weighted by Crippen LogP contribution is 2.26. The summed E-state index contributed by atoms with van der Waals surface area (Å²) in [7, 11) is 2.16. The van der Waals surface area contributed by atoms with Gasteiger partial charge in [0.15, 0.2) is 0 Å². The molecule has 1 aromatic carbocycles. The Labute approximate surface area is 106 Å². The third-order valence-electron chi connectivity index (χ3n) is 3.28. The van der Waals surface area contributed by atoms with Gasteiger partial charge in [-0.3, -0.25) is 0 Å². The highest BCUT2D eigenvalue weighted by molar-refractivity contribution is 5.54. The fourth-order valence-electron chi connectivity index (χ4n) is 2.27. The molecule has 0 aliphatic heterocycles. The van der Waals surface area contributed by atoms with Gasteiger partial charge in [-0.05, 0) is 37.8 Å². The second-order valence-corrected chi connectivity index (χ2v) is 5.44. The summed E-state index contributed by atoms with van der Waals surface area (Å²) < 4.78 is 0. The van der Waals surface area contributed by atoms with Crippen LogP contribution in [0.25, 0.3) is 0 Å².